The third kappa shape index (κ3) is 2.14. The molecule has 0 saturated heterocycles. The molecule has 3 rings (SSSR count). The van der Waals surface area contributed by atoms with Gasteiger partial charge in [-0.2, -0.15) is 0 Å². The summed E-state index contributed by atoms with van der Waals surface area (Å²) in [6, 6.07) is 4.88. The van der Waals surface area contributed by atoms with Crippen molar-refractivity contribution in [3.63, 3.8) is 0 Å². The average molecular weight is 292 g/mol. The number of anilines is 1. The van der Waals surface area contributed by atoms with E-state index < -0.39 is 11.7 Å². The lowest BCUT2D eigenvalue weighted by Gasteiger charge is -2.18. The van der Waals surface area contributed by atoms with Crippen molar-refractivity contribution < 1.29 is 14.4 Å². The first kappa shape index (κ1) is 13.3. The summed E-state index contributed by atoms with van der Waals surface area (Å²) in [4.78, 5) is 37.0. The standard InChI is InChI=1S/C15H14ClNO3/c16-10-4-5-12-11(8-10)14(19)15(20)17(12)7-6-9-2-1-3-13(9)18/h4-5,8-9H,1-3,6-7H2. The highest BCUT2D eigenvalue weighted by Crippen LogP contribution is 2.32. The van der Waals surface area contributed by atoms with E-state index in [1.807, 2.05) is 0 Å². The number of fused-ring (bicyclic) bond motifs is 1. The summed E-state index contributed by atoms with van der Waals surface area (Å²) in [5.74, 6) is -0.721. The monoisotopic (exact) mass is 291 g/mol. The highest BCUT2D eigenvalue weighted by atomic mass is 35.5. The molecule has 0 N–H and O–H groups in total. The molecule has 1 aliphatic carbocycles. The zero-order valence-electron chi connectivity index (χ0n) is 10.9. The van der Waals surface area contributed by atoms with Gasteiger partial charge in [-0.15, -0.1) is 0 Å². The largest absolute Gasteiger partial charge is 0.305 e. The van der Waals surface area contributed by atoms with Gasteiger partial charge in [-0.05, 0) is 37.5 Å². The topological polar surface area (TPSA) is 54.5 Å². The number of amides is 1. The van der Waals surface area contributed by atoms with Crippen LogP contribution in [0.4, 0.5) is 5.69 Å². The number of hydrogen-bond donors (Lipinski definition) is 0. The van der Waals surface area contributed by atoms with Crippen LogP contribution in [-0.4, -0.2) is 24.0 Å². The molecule has 5 heteroatoms. The van der Waals surface area contributed by atoms with Crippen LogP contribution in [0.15, 0.2) is 18.2 Å². The summed E-state index contributed by atoms with van der Waals surface area (Å²) < 4.78 is 0. The van der Waals surface area contributed by atoms with Crippen LogP contribution in [0.25, 0.3) is 0 Å². The van der Waals surface area contributed by atoms with E-state index in [1.165, 1.54) is 11.0 Å². The normalized spacial score (nSPS) is 21.8. The highest BCUT2D eigenvalue weighted by Gasteiger charge is 2.36. The number of Topliss-reactive ketones (excluding diaryl/α,β-unsaturated/α-hetero) is 2. The Kier molecular flexibility index (Phi) is 3.34. The summed E-state index contributed by atoms with van der Waals surface area (Å²) in [5, 5.41) is 0.442. The second-order valence-corrected chi connectivity index (χ2v) is 5.73. The van der Waals surface area contributed by atoms with Crippen LogP contribution >= 0.6 is 11.6 Å². The molecule has 1 aliphatic heterocycles. The van der Waals surface area contributed by atoms with Crippen molar-refractivity contribution in [1.82, 2.24) is 0 Å². The molecule has 4 nitrogen and oxygen atoms in total. The van der Waals surface area contributed by atoms with Crippen molar-refractivity contribution in [3.8, 4) is 0 Å². The van der Waals surface area contributed by atoms with Gasteiger partial charge in [-0.1, -0.05) is 11.6 Å². The Hall–Kier alpha value is -1.68. The van der Waals surface area contributed by atoms with Gasteiger partial charge in [0.25, 0.3) is 11.7 Å². The number of hydrogen-bond acceptors (Lipinski definition) is 3. The number of benzene rings is 1. The van der Waals surface area contributed by atoms with Crippen molar-refractivity contribution >= 4 is 34.8 Å². The van der Waals surface area contributed by atoms with E-state index in [4.69, 9.17) is 11.6 Å². The Balaban J connectivity index is 1.79. The third-order valence-electron chi connectivity index (χ3n) is 4.07. The molecular weight excluding hydrogens is 278 g/mol. The smallest absolute Gasteiger partial charge is 0.299 e. The first-order valence-electron chi connectivity index (χ1n) is 6.76. The van der Waals surface area contributed by atoms with E-state index >= 15 is 0 Å². The summed E-state index contributed by atoms with van der Waals surface area (Å²) in [5.41, 5.74) is 0.968. The molecular formula is C15H14ClNO3. The van der Waals surface area contributed by atoms with Gasteiger partial charge in [0.1, 0.15) is 5.78 Å². The van der Waals surface area contributed by atoms with E-state index in [2.05, 4.69) is 0 Å². The lowest BCUT2D eigenvalue weighted by Crippen LogP contribution is -2.32. The maximum atomic E-state index is 12.0. The number of nitrogens with zero attached hydrogens (tertiary/aromatic N) is 1. The van der Waals surface area contributed by atoms with Gasteiger partial charge in [0.2, 0.25) is 0 Å². The summed E-state index contributed by atoms with van der Waals surface area (Å²) in [6.07, 6.45) is 3.09. The van der Waals surface area contributed by atoms with Crippen LogP contribution in [-0.2, 0) is 9.59 Å². The van der Waals surface area contributed by atoms with Crippen molar-refractivity contribution in [3.05, 3.63) is 28.8 Å². The maximum absolute atomic E-state index is 12.0. The van der Waals surface area contributed by atoms with Crippen LogP contribution in [0.1, 0.15) is 36.0 Å². The molecule has 1 saturated carbocycles. The number of halogens is 1. The van der Waals surface area contributed by atoms with E-state index in [9.17, 15) is 14.4 Å². The second-order valence-electron chi connectivity index (χ2n) is 5.29. The molecule has 1 fully saturated rings. The third-order valence-corrected chi connectivity index (χ3v) is 4.30. The zero-order chi connectivity index (χ0) is 14.3. The van der Waals surface area contributed by atoms with Crippen molar-refractivity contribution in [2.75, 3.05) is 11.4 Å². The predicted octanol–water partition coefficient (Wildman–Crippen LogP) is 2.63. The summed E-state index contributed by atoms with van der Waals surface area (Å²) >= 11 is 5.86. The number of carbonyl (C=O) groups is 3. The van der Waals surface area contributed by atoms with Gasteiger partial charge in [0.15, 0.2) is 0 Å². The van der Waals surface area contributed by atoms with Gasteiger partial charge in [-0.25, -0.2) is 0 Å². The first-order chi connectivity index (χ1) is 9.58. The van der Waals surface area contributed by atoms with Crippen LogP contribution in [0.2, 0.25) is 5.02 Å². The van der Waals surface area contributed by atoms with Crippen molar-refractivity contribution in [1.29, 1.82) is 0 Å². The Labute approximate surface area is 121 Å². The maximum Gasteiger partial charge on any atom is 0.299 e. The Bertz CT molecular complexity index is 611. The molecule has 0 spiro atoms. The molecule has 0 radical (unpaired) electrons. The van der Waals surface area contributed by atoms with Crippen LogP contribution in [0.3, 0.4) is 0 Å². The van der Waals surface area contributed by atoms with E-state index in [1.54, 1.807) is 12.1 Å². The van der Waals surface area contributed by atoms with Crippen LogP contribution in [0, 0.1) is 5.92 Å². The minimum absolute atomic E-state index is 0.0363. The van der Waals surface area contributed by atoms with Gasteiger partial charge < -0.3 is 4.90 Å². The second kappa shape index (κ2) is 5.02. The molecule has 104 valence electrons. The SMILES string of the molecule is O=C1C(=O)N(CCC2CCCC2=O)c2ccc(Cl)cc21. The summed E-state index contributed by atoms with van der Waals surface area (Å²) in [7, 11) is 0. The molecule has 0 bridgehead atoms. The van der Waals surface area contributed by atoms with Crippen molar-refractivity contribution in [2.45, 2.75) is 25.7 Å². The van der Waals surface area contributed by atoms with Gasteiger partial charge >= 0.3 is 0 Å². The van der Waals surface area contributed by atoms with Gasteiger partial charge in [0, 0.05) is 23.9 Å². The Morgan fingerprint density at radius 2 is 2.05 bits per heavy atom. The minimum atomic E-state index is -0.521. The van der Waals surface area contributed by atoms with Crippen molar-refractivity contribution in [2.24, 2.45) is 5.92 Å². The number of ketones is 2. The molecule has 1 atom stereocenters. The lowest BCUT2D eigenvalue weighted by molar-refractivity contribution is -0.121. The fourth-order valence-corrected chi connectivity index (χ4v) is 3.14. The molecule has 2 aliphatic rings. The number of rotatable bonds is 3. The fourth-order valence-electron chi connectivity index (χ4n) is 2.97. The predicted molar refractivity (Wildman–Crippen MR) is 75.1 cm³/mol. The molecule has 0 aromatic heterocycles. The molecule has 1 aromatic carbocycles. The van der Waals surface area contributed by atoms with E-state index in [0.717, 1.165) is 12.8 Å². The first-order valence-corrected chi connectivity index (χ1v) is 7.14. The van der Waals surface area contributed by atoms with Gasteiger partial charge in [-0.3, -0.25) is 14.4 Å². The highest BCUT2D eigenvalue weighted by molar-refractivity contribution is 6.52. The molecule has 1 amide bonds. The lowest BCUT2D eigenvalue weighted by atomic mass is 10.0. The summed E-state index contributed by atoms with van der Waals surface area (Å²) in [6.45, 7) is 0.412. The average Bonchev–Trinajstić information content (AvgIpc) is 2.93. The Morgan fingerprint density at radius 3 is 2.75 bits per heavy atom. The zero-order valence-corrected chi connectivity index (χ0v) is 11.7. The fraction of sp³-hybridized carbons (Fsp3) is 0.400. The van der Waals surface area contributed by atoms with Gasteiger partial charge in [0.05, 0.1) is 11.3 Å². The Morgan fingerprint density at radius 1 is 1.25 bits per heavy atom. The molecule has 1 unspecified atom stereocenters. The van der Waals surface area contributed by atoms with Crippen LogP contribution < -0.4 is 4.90 Å². The molecule has 1 aromatic rings. The molecule has 20 heavy (non-hydrogen) atoms. The quantitative estimate of drug-likeness (QED) is 0.805. The minimum Gasteiger partial charge on any atom is -0.305 e. The van der Waals surface area contributed by atoms with E-state index in [0.29, 0.717) is 35.7 Å². The number of carbonyl (C=O) groups excluding carboxylic acids is 3. The van der Waals surface area contributed by atoms with E-state index in [-0.39, 0.29) is 11.7 Å². The van der Waals surface area contributed by atoms with Crippen LogP contribution in [0.5, 0.6) is 0 Å². The molecule has 1 heterocycles.